The van der Waals surface area contributed by atoms with E-state index in [1.165, 1.54) is 0 Å². The zero-order valence-corrected chi connectivity index (χ0v) is 15.3. The number of aromatic nitrogens is 1. The fraction of sp³-hybridized carbons (Fsp3) is 0.450. The lowest BCUT2D eigenvalue weighted by Gasteiger charge is -2.39. The van der Waals surface area contributed by atoms with Crippen LogP contribution in [-0.2, 0) is 16.1 Å². The van der Waals surface area contributed by atoms with Crippen LogP contribution in [-0.4, -0.2) is 47.5 Å². The number of hydrogen-bond donors (Lipinski definition) is 1. The molecule has 1 N–H and O–H groups in total. The number of aryl methyl sites for hydroxylation is 1. The van der Waals surface area contributed by atoms with Crippen LogP contribution < -0.4 is 5.32 Å². The molecule has 2 aliphatic rings. The highest BCUT2D eigenvalue weighted by molar-refractivity contribution is 5.94. The third kappa shape index (κ3) is 3.73. The number of amides is 2. The summed E-state index contributed by atoms with van der Waals surface area (Å²) in [4.78, 5) is 31.6. The van der Waals surface area contributed by atoms with Crippen molar-refractivity contribution in [1.82, 2.24) is 15.2 Å². The number of furan rings is 1. The van der Waals surface area contributed by atoms with Crippen molar-refractivity contribution in [1.29, 1.82) is 0 Å². The molecule has 2 aromatic heterocycles. The molecule has 2 saturated heterocycles. The molecule has 0 radical (unpaired) electrons. The van der Waals surface area contributed by atoms with Gasteiger partial charge in [-0.1, -0.05) is 0 Å². The van der Waals surface area contributed by atoms with E-state index in [4.69, 9.17) is 9.15 Å². The second-order valence-corrected chi connectivity index (χ2v) is 7.16. The lowest BCUT2D eigenvalue weighted by Crippen LogP contribution is -2.54. The molecule has 2 aliphatic heterocycles. The molecule has 2 amide bonds. The summed E-state index contributed by atoms with van der Waals surface area (Å²) in [6, 6.07) is 7.21. The summed E-state index contributed by atoms with van der Waals surface area (Å²) in [6.45, 7) is 3.76. The predicted octanol–water partition coefficient (Wildman–Crippen LogP) is 1.78. The molecule has 7 heteroatoms. The Kier molecular flexibility index (Phi) is 4.94. The van der Waals surface area contributed by atoms with Crippen LogP contribution in [0.3, 0.4) is 0 Å². The van der Waals surface area contributed by atoms with E-state index >= 15 is 0 Å². The molecule has 0 bridgehead atoms. The smallest absolute Gasteiger partial charge is 0.255 e. The maximum absolute atomic E-state index is 12.9. The van der Waals surface area contributed by atoms with E-state index in [1.807, 2.05) is 19.1 Å². The Hall–Kier alpha value is -2.67. The Balaban J connectivity index is 1.47. The number of rotatable bonds is 4. The van der Waals surface area contributed by atoms with E-state index in [-0.39, 0.29) is 29.8 Å². The highest BCUT2D eigenvalue weighted by Crippen LogP contribution is 2.34. The van der Waals surface area contributed by atoms with E-state index in [1.54, 1.807) is 29.5 Å². The summed E-state index contributed by atoms with van der Waals surface area (Å²) in [5.41, 5.74) is 1.39. The Bertz CT molecular complexity index is 803. The molecule has 7 nitrogen and oxygen atoms in total. The minimum absolute atomic E-state index is 0.0635. The van der Waals surface area contributed by atoms with E-state index in [2.05, 4.69) is 10.3 Å². The number of piperidine rings is 1. The van der Waals surface area contributed by atoms with Crippen molar-refractivity contribution in [2.75, 3.05) is 19.7 Å². The lowest BCUT2D eigenvalue weighted by molar-refractivity contribution is -0.130. The number of nitrogens with one attached hydrogen (secondary N) is 1. The highest BCUT2D eigenvalue weighted by atomic mass is 16.5. The topological polar surface area (TPSA) is 84.7 Å². The third-order valence-corrected chi connectivity index (χ3v) is 5.39. The number of carbonyl (C=O) groups is 2. The molecule has 4 rings (SSSR count). The van der Waals surface area contributed by atoms with Crippen LogP contribution in [0, 0.1) is 18.8 Å². The Morgan fingerprint density at radius 2 is 2.19 bits per heavy atom. The standard InChI is InChI=1S/C20H23N3O4/c1-13-4-5-14(9-21-13)20(25)23-11-17(16-6-8-27-18(16)12-23)19(24)22-10-15-3-2-7-26-15/h2-5,7,9,16-18H,6,8,10-12H2,1H3,(H,22,24)/t16-,17+,18+/m0/s1. The molecular weight excluding hydrogens is 346 g/mol. The van der Waals surface area contributed by atoms with Crippen LogP contribution in [0.15, 0.2) is 41.1 Å². The van der Waals surface area contributed by atoms with E-state index < -0.39 is 0 Å². The first kappa shape index (κ1) is 17.7. The SMILES string of the molecule is Cc1ccc(C(=O)N2C[C@H]3OCC[C@H]3[C@H](C(=O)NCc3ccco3)C2)cn1. The van der Waals surface area contributed by atoms with Crippen molar-refractivity contribution in [3.63, 3.8) is 0 Å². The van der Waals surface area contributed by atoms with Gasteiger partial charge in [-0.05, 0) is 37.6 Å². The van der Waals surface area contributed by atoms with Gasteiger partial charge in [0.25, 0.3) is 5.91 Å². The highest BCUT2D eigenvalue weighted by Gasteiger charge is 2.45. The van der Waals surface area contributed by atoms with Gasteiger partial charge in [0.15, 0.2) is 0 Å². The van der Waals surface area contributed by atoms with Gasteiger partial charge in [-0.15, -0.1) is 0 Å². The molecule has 3 atom stereocenters. The maximum Gasteiger partial charge on any atom is 0.255 e. The van der Waals surface area contributed by atoms with Gasteiger partial charge in [0.05, 0.1) is 30.4 Å². The van der Waals surface area contributed by atoms with Crippen molar-refractivity contribution in [2.24, 2.45) is 11.8 Å². The number of carbonyl (C=O) groups excluding carboxylic acids is 2. The Morgan fingerprint density at radius 1 is 1.30 bits per heavy atom. The minimum atomic E-state index is -0.288. The minimum Gasteiger partial charge on any atom is -0.467 e. The van der Waals surface area contributed by atoms with Crippen molar-refractivity contribution < 1.29 is 18.7 Å². The van der Waals surface area contributed by atoms with Gasteiger partial charge >= 0.3 is 0 Å². The van der Waals surface area contributed by atoms with Gasteiger partial charge in [0, 0.05) is 37.5 Å². The first-order valence-electron chi connectivity index (χ1n) is 9.25. The first-order chi connectivity index (χ1) is 13.1. The average Bonchev–Trinajstić information content (AvgIpc) is 3.36. The number of pyridine rings is 1. The molecule has 142 valence electrons. The normalized spacial score (nSPS) is 24.5. The van der Waals surface area contributed by atoms with Crippen LogP contribution in [0.2, 0.25) is 0 Å². The van der Waals surface area contributed by atoms with Crippen molar-refractivity contribution in [3.05, 3.63) is 53.7 Å². The molecule has 0 saturated carbocycles. The Labute approximate surface area is 157 Å². The molecule has 0 aromatic carbocycles. The van der Waals surface area contributed by atoms with Gasteiger partial charge in [-0.3, -0.25) is 14.6 Å². The largest absolute Gasteiger partial charge is 0.467 e. The van der Waals surface area contributed by atoms with Crippen LogP contribution >= 0.6 is 0 Å². The summed E-state index contributed by atoms with van der Waals surface area (Å²) in [5.74, 6) is 0.383. The Morgan fingerprint density at radius 3 is 2.93 bits per heavy atom. The summed E-state index contributed by atoms with van der Waals surface area (Å²) < 4.78 is 11.1. The molecular formula is C20H23N3O4. The number of likely N-dealkylation sites (tertiary alicyclic amines) is 1. The second-order valence-electron chi connectivity index (χ2n) is 7.16. The second kappa shape index (κ2) is 7.52. The summed E-state index contributed by atoms with van der Waals surface area (Å²) >= 11 is 0. The zero-order valence-electron chi connectivity index (χ0n) is 15.3. The first-order valence-corrected chi connectivity index (χ1v) is 9.25. The van der Waals surface area contributed by atoms with Gasteiger partial charge in [0.1, 0.15) is 5.76 Å². The van der Waals surface area contributed by atoms with Crippen LogP contribution in [0.4, 0.5) is 0 Å². The number of nitrogens with zero attached hydrogens (tertiary/aromatic N) is 2. The van der Waals surface area contributed by atoms with E-state index in [0.717, 1.165) is 12.1 Å². The van der Waals surface area contributed by atoms with Crippen molar-refractivity contribution in [2.45, 2.75) is 26.0 Å². The number of hydrogen-bond acceptors (Lipinski definition) is 5. The van der Waals surface area contributed by atoms with Gasteiger partial charge in [-0.25, -0.2) is 0 Å². The van der Waals surface area contributed by atoms with Crippen LogP contribution in [0.25, 0.3) is 0 Å². The zero-order chi connectivity index (χ0) is 18.8. The van der Waals surface area contributed by atoms with Crippen molar-refractivity contribution in [3.8, 4) is 0 Å². The fourth-order valence-electron chi connectivity index (χ4n) is 3.92. The molecule has 0 aliphatic carbocycles. The fourth-order valence-corrected chi connectivity index (χ4v) is 3.92. The van der Waals surface area contributed by atoms with Crippen LogP contribution in [0.1, 0.15) is 28.2 Å². The van der Waals surface area contributed by atoms with Gasteiger partial charge in [-0.2, -0.15) is 0 Å². The molecule has 2 fully saturated rings. The third-order valence-electron chi connectivity index (χ3n) is 5.39. The average molecular weight is 369 g/mol. The van der Waals surface area contributed by atoms with E-state index in [9.17, 15) is 9.59 Å². The number of ether oxygens (including phenoxy) is 1. The van der Waals surface area contributed by atoms with Gasteiger partial charge < -0.3 is 19.4 Å². The molecule has 0 spiro atoms. The number of fused-ring (bicyclic) bond motifs is 1. The molecule has 0 unspecified atom stereocenters. The molecule has 4 heterocycles. The predicted molar refractivity (Wildman–Crippen MR) is 96.8 cm³/mol. The summed E-state index contributed by atoms with van der Waals surface area (Å²) in [5, 5.41) is 2.94. The van der Waals surface area contributed by atoms with Gasteiger partial charge in [0.2, 0.25) is 5.91 Å². The summed E-state index contributed by atoms with van der Waals surface area (Å²) in [7, 11) is 0. The quantitative estimate of drug-likeness (QED) is 0.888. The molecule has 27 heavy (non-hydrogen) atoms. The monoisotopic (exact) mass is 369 g/mol. The lowest BCUT2D eigenvalue weighted by atomic mass is 9.82. The summed E-state index contributed by atoms with van der Waals surface area (Å²) in [6.07, 6.45) is 3.92. The molecule has 2 aromatic rings. The van der Waals surface area contributed by atoms with Crippen LogP contribution in [0.5, 0.6) is 0 Å². The maximum atomic E-state index is 12.9. The van der Waals surface area contributed by atoms with Crippen molar-refractivity contribution >= 4 is 11.8 Å². The van der Waals surface area contributed by atoms with E-state index in [0.29, 0.717) is 37.6 Å².